The molecule has 9 heteroatoms. The van der Waals surface area contributed by atoms with Crippen molar-refractivity contribution in [1.82, 2.24) is 15.6 Å². The van der Waals surface area contributed by atoms with Gasteiger partial charge in [0.05, 0.1) is 6.04 Å². The Balaban J connectivity index is 1.38. The van der Waals surface area contributed by atoms with Crippen LogP contribution in [-0.2, 0) is 9.53 Å². The number of ether oxygens (including phenoxy) is 1. The molecule has 4 rings (SSSR count). The van der Waals surface area contributed by atoms with E-state index in [0.717, 1.165) is 33.6 Å². The van der Waals surface area contributed by atoms with Crippen LogP contribution in [0.1, 0.15) is 59.4 Å². The zero-order valence-corrected chi connectivity index (χ0v) is 20.5. The van der Waals surface area contributed by atoms with E-state index in [2.05, 4.69) is 27.8 Å². The largest absolute Gasteiger partial charge is 0.476 e. The Morgan fingerprint density at radius 1 is 1.00 bits per heavy atom. The normalized spacial score (nSPS) is 14.1. The van der Waals surface area contributed by atoms with Gasteiger partial charge < -0.3 is 20.5 Å². The number of carbonyl (C=O) groups excluding carboxylic acids is 2. The second-order valence-corrected chi connectivity index (χ2v) is 9.69. The average molecular weight is 494 g/mol. The number of hydrogen-bond donors (Lipinski definition) is 3. The summed E-state index contributed by atoms with van der Waals surface area (Å²) < 4.78 is 5.58. The van der Waals surface area contributed by atoms with Gasteiger partial charge in [-0.15, -0.1) is 11.3 Å². The molecule has 182 valence electrons. The number of thiazole rings is 1. The minimum atomic E-state index is -1.12. The van der Waals surface area contributed by atoms with Crippen LogP contribution in [0.25, 0.3) is 11.1 Å². The van der Waals surface area contributed by atoms with Crippen LogP contribution in [0, 0.1) is 5.92 Å². The molecule has 0 radical (unpaired) electrons. The number of aromatic carboxylic acids is 1. The van der Waals surface area contributed by atoms with Gasteiger partial charge in [0.1, 0.15) is 17.7 Å². The molecule has 2 unspecified atom stereocenters. The van der Waals surface area contributed by atoms with Gasteiger partial charge in [0.15, 0.2) is 5.69 Å². The summed E-state index contributed by atoms with van der Waals surface area (Å²) in [5, 5.41) is 16.4. The Kier molecular flexibility index (Phi) is 7.16. The number of nitrogens with one attached hydrogen (secondary N) is 2. The van der Waals surface area contributed by atoms with E-state index in [-0.39, 0.29) is 24.1 Å². The molecule has 35 heavy (non-hydrogen) atoms. The van der Waals surface area contributed by atoms with E-state index in [1.54, 1.807) is 6.92 Å². The Morgan fingerprint density at radius 3 is 2.14 bits per heavy atom. The second-order valence-electron chi connectivity index (χ2n) is 8.80. The van der Waals surface area contributed by atoms with Crippen molar-refractivity contribution in [3.05, 3.63) is 75.7 Å². The third-order valence-corrected chi connectivity index (χ3v) is 7.06. The van der Waals surface area contributed by atoms with Crippen LogP contribution in [0.3, 0.4) is 0 Å². The molecule has 2 amide bonds. The van der Waals surface area contributed by atoms with Crippen LogP contribution in [0.15, 0.2) is 53.9 Å². The summed E-state index contributed by atoms with van der Waals surface area (Å²) in [6, 6.07) is 14.8. The molecular weight excluding hydrogens is 466 g/mol. The van der Waals surface area contributed by atoms with Gasteiger partial charge in [0.25, 0.3) is 0 Å². The molecule has 2 aromatic carbocycles. The van der Waals surface area contributed by atoms with Crippen molar-refractivity contribution in [3.8, 4) is 11.1 Å². The van der Waals surface area contributed by atoms with Gasteiger partial charge in [0, 0.05) is 11.3 Å². The maximum absolute atomic E-state index is 12.9. The van der Waals surface area contributed by atoms with Crippen LogP contribution in [0.5, 0.6) is 0 Å². The van der Waals surface area contributed by atoms with Crippen molar-refractivity contribution in [1.29, 1.82) is 0 Å². The summed E-state index contributed by atoms with van der Waals surface area (Å²) in [6.45, 7) is 5.52. The predicted octanol–water partition coefficient (Wildman–Crippen LogP) is 4.58. The molecule has 1 heterocycles. The number of nitrogens with zero attached hydrogens (tertiary/aromatic N) is 1. The van der Waals surface area contributed by atoms with E-state index in [0.29, 0.717) is 5.01 Å². The number of aromatic nitrogens is 1. The average Bonchev–Trinajstić information content (AvgIpc) is 3.45. The zero-order valence-electron chi connectivity index (χ0n) is 19.6. The minimum absolute atomic E-state index is 0.0664. The topological polar surface area (TPSA) is 118 Å². The number of hydrogen-bond acceptors (Lipinski definition) is 6. The number of carboxylic acids is 1. The van der Waals surface area contributed by atoms with E-state index in [1.165, 1.54) is 5.38 Å². The fraction of sp³-hybridized carbons (Fsp3) is 0.308. The molecule has 8 nitrogen and oxygen atoms in total. The van der Waals surface area contributed by atoms with Crippen LogP contribution in [0.4, 0.5) is 4.79 Å². The predicted molar refractivity (Wildman–Crippen MR) is 132 cm³/mol. The third kappa shape index (κ3) is 5.19. The number of alkyl carbamates (subject to hydrolysis) is 1. The molecule has 3 N–H and O–H groups in total. The number of amides is 2. The lowest BCUT2D eigenvalue weighted by molar-refractivity contribution is -0.124. The smallest absolute Gasteiger partial charge is 0.407 e. The van der Waals surface area contributed by atoms with Crippen LogP contribution < -0.4 is 10.6 Å². The van der Waals surface area contributed by atoms with Crippen molar-refractivity contribution >= 4 is 29.3 Å². The van der Waals surface area contributed by atoms with Crippen LogP contribution in [0.2, 0.25) is 0 Å². The summed E-state index contributed by atoms with van der Waals surface area (Å²) in [5.74, 6) is -1.79. The minimum Gasteiger partial charge on any atom is -0.476 e. The van der Waals surface area contributed by atoms with E-state index < -0.39 is 30.1 Å². The number of rotatable bonds is 8. The highest BCUT2D eigenvalue weighted by atomic mass is 32.1. The summed E-state index contributed by atoms with van der Waals surface area (Å²) in [4.78, 5) is 40.7. The summed E-state index contributed by atoms with van der Waals surface area (Å²) in [7, 11) is 0. The number of benzene rings is 2. The highest BCUT2D eigenvalue weighted by Gasteiger charge is 2.31. The van der Waals surface area contributed by atoms with Crippen molar-refractivity contribution < 1.29 is 24.2 Å². The maximum Gasteiger partial charge on any atom is 0.407 e. The fourth-order valence-corrected chi connectivity index (χ4v) is 5.05. The van der Waals surface area contributed by atoms with Crippen LogP contribution >= 0.6 is 11.3 Å². The lowest BCUT2D eigenvalue weighted by atomic mass is 9.98. The first-order valence-corrected chi connectivity index (χ1v) is 12.2. The van der Waals surface area contributed by atoms with Crippen LogP contribution in [-0.4, -0.2) is 40.7 Å². The molecule has 0 saturated heterocycles. The van der Waals surface area contributed by atoms with E-state index in [1.807, 2.05) is 50.2 Å². The summed E-state index contributed by atoms with van der Waals surface area (Å²) in [6.07, 6.45) is -0.671. The molecule has 1 aliphatic carbocycles. The molecule has 0 bridgehead atoms. The van der Waals surface area contributed by atoms with Crippen molar-refractivity contribution in [3.63, 3.8) is 0 Å². The highest BCUT2D eigenvalue weighted by Crippen LogP contribution is 2.44. The highest BCUT2D eigenvalue weighted by molar-refractivity contribution is 7.09. The quantitative estimate of drug-likeness (QED) is 0.423. The number of carbonyl (C=O) groups is 3. The molecule has 2 atom stereocenters. The van der Waals surface area contributed by atoms with Gasteiger partial charge in [-0.2, -0.15) is 0 Å². The van der Waals surface area contributed by atoms with Gasteiger partial charge in [-0.25, -0.2) is 14.6 Å². The first kappa shape index (κ1) is 24.4. The molecule has 1 aliphatic rings. The van der Waals surface area contributed by atoms with Gasteiger partial charge in [-0.05, 0) is 35.1 Å². The van der Waals surface area contributed by atoms with Crippen molar-refractivity contribution in [2.24, 2.45) is 5.92 Å². The Morgan fingerprint density at radius 2 is 1.60 bits per heavy atom. The summed E-state index contributed by atoms with van der Waals surface area (Å²) in [5.41, 5.74) is 4.43. The first-order valence-electron chi connectivity index (χ1n) is 11.4. The molecule has 0 saturated carbocycles. The molecule has 0 aliphatic heterocycles. The van der Waals surface area contributed by atoms with Crippen molar-refractivity contribution in [2.45, 2.75) is 38.8 Å². The first-order chi connectivity index (χ1) is 16.8. The van der Waals surface area contributed by atoms with Gasteiger partial charge in [-0.3, -0.25) is 4.79 Å². The molecule has 0 spiro atoms. The van der Waals surface area contributed by atoms with E-state index in [9.17, 15) is 14.4 Å². The lowest BCUT2D eigenvalue weighted by Gasteiger charge is -2.23. The zero-order chi connectivity index (χ0) is 25.1. The fourth-order valence-electron chi connectivity index (χ4n) is 4.25. The molecule has 0 fully saturated rings. The molecule has 1 aromatic heterocycles. The van der Waals surface area contributed by atoms with Crippen molar-refractivity contribution in [2.75, 3.05) is 6.61 Å². The lowest BCUT2D eigenvalue weighted by Crippen LogP contribution is -2.50. The molecular formula is C26H27N3O5S. The SMILES string of the molecule is CC(NC(=O)C(NC(=O)OCC1c2ccccc2-c2ccccc21)C(C)C)c1nc(C(=O)O)cs1. The molecule has 3 aromatic rings. The van der Waals surface area contributed by atoms with Gasteiger partial charge in [0.2, 0.25) is 5.91 Å². The second kappa shape index (κ2) is 10.3. The summed E-state index contributed by atoms with van der Waals surface area (Å²) >= 11 is 1.15. The standard InChI is InChI=1S/C26H27N3O5S/c1-14(2)22(23(30)27-15(3)24-28-21(13-35-24)25(31)32)29-26(33)34-12-20-18-10-6-4-8-16(18)17-9-5-7-11-19(17)20/h4-11,13-15,20,22H,12H2,1-3H3,(H,27,30)(H,29,33)(H,31,32). The monoisotopic (exact) mass is 493 g/mol. The Labute approximate surface area is 207 Å². The third-order valence-electron chi connectivity index (χ3n) is 6.04. The van der Waals surface area contributed by atoms with Gasteiger partial charge in [-0.1, -0.05) is 62.4 Å². The Bertz CT molecular complexity index is 1210. The van der Waals surface area contributed by atoms with Gasteiger partial charge >= 0.3 is 12.1 Å². The maximum atomic E-state index is 12.9. The van der Waals surface area contributed by atoms with E-state index in [4.69, 9.17) is 9.84 Å². The number of carboxylic acid groups (broad SMARTS) is 1. The Hall–Kier alpha value is -3.72. The van der Waals surface area contributed by atoms with E-state index >= 15 is 0 Å². The number of fused-ring (bicyclic) bond motifs is 3.